The van der Waals surface area contributed by atoms with E-state index in [0.717, 1.165) is 0 Å². The number of carboxylic acids is 2. The number of carbonyl (C=O) groups is 2. The molecule has 1 heterocycles. The van der Waals surface area contributed by atoms with Gasteiger partial charge in [-0.2, -0.15) is 0 Å². The summed E-state index contributed by atoms with van der Waals surface area (Å²) in [5.74, 6) is -3.48. The van der Waals surface area contributed by atoms with Crippen LogP contribution in [0.2, 0.25) is 5.02 Å². The lowest BCUT2D eigenvalue weighted by Gasteiger charge is -2.05. The molecule has 19 heavy (non-hydrogen) atoms. The van der Waals surface area contributed by atoms with E-state index in [4.69, 9.17) is 26.2 Å². The van der Waals surface area contributed by atoms with Crippen LogP contribution >= 0.6 is 11.6 Å². The summed E-state index contributed by atoms with van der Waals surface area (Å²) in [6, 6.07) is 4.10. The van der Waals surface area contributed by atoms with Crippen LogP contribution in [-0.4, -0.2) is 22.2 Å². The summed E-state index contributed by atoms with van der Waals surface area (Å²) in [6.45, 7) is 0. The molecule has 0 spiro atoms. The molecule has 0 aliphatic heterocycles. The molecule has 1 aromatic heterocycles. The Kier molecular flexibility index (Phi) is 3.26. The quantitative estimate of drug-likeness (QED) is 0.889. The lowest BCUT2D eigenvalue weighted by Crippen LogP contribution is -2.19. The Bertz CT molecular complexity index is 746. The molecule has 0 aliphatic carbocycles. The van der Waals surface area contributed by atoms with Crippen LogP contribution in [0.1, 0.15) is 16.1 Å². The van der Waals surface area contributed by atoms with Gasteiger partial charge < -0.3 is 14.6 Å². The SMILES string of the molecule is O=C(O)Cc1c(C(=O)O)oc2ccc(Cl)cc2c1=O. The smallest absolute Gasteiger partial charge is 0.372 e. The van der Waals surface area contributed by atoms with E-state index >= 15 is 0 Å². The fourth-order valence-electron chi connectivity index (χ4n) is 1.69. The molecule has 98 valence electrons. The van der Waals surface area contributed by atoms with Crippen LogP contribution in [0.5, 0.6) is 0 Å². The van der Waals surface area contributed by atoms with Crippen LogP contribution in [-0.2, 0) is 11.2 Å². The Labute approximate surface area is 110 Å². The predicted octanol–water partition coefficient (Wildman–Crippen LogP) is 1.77. The molecule has 0 unspecified atom stereocenters. The van der Waals surface area contributed by atoms with E-state index in [-0.39, 0.29) is 16.0 Å². The van der Waals surface area contributed by atoms with Gasteiger partial charge in [0.05, 0.1) is 17.4 Å². The average Bonchev–Trinajstić information content (AvgIpc) is 2.32. The van der Waals surface area contributed by atoms with Gasteiger partial charge in [0.2, 0.25) is 5.76 Å². The minimum absolute atomic E-state index is 0.0425. The normalized spacial score (nSPS) is 10.6. The van der Waals surface area contributed by atoms with Gasteiger partial charge in [-0.25, -0.2) is 4.79 Å². The maximum Gasteiger partial charge on any atom is 0.372 e. The average molecular weight is 283 g/mol. The number of benzene rings is 1. The number of aromatic carboxylic acids is 1. The van der Waals surface area contributed by atoms with E-state index in [1.54, 1.807) is 0 Å². The molecule has 0 fully saturated rings. The van der Waals surface area contributed by atoms with Gasteiger partial charge in [0.25, 0.3) is 0 Å². The molecule has 1 aromatic carbocycles. The highest BCUT2D eigenvalue weighted by atomic mass is 35.5. The summed E-state index contributed by atoms with van der Waals surface area (Å²) in [4.78, 5) is 33.8. The standard InChI is InChI=1S/C12H7ClO6/c13-5-1-2-8-6(3-5)10(16)7(4-9(14)15)11(19-8)12(17)18/h1-3H,4H2,(H,14,15)(H,17,18). The Morgan fingerprint density at radius 2 is 1.95 bits per heavy atom. The highest BCUT2D eigenvalue weighted by molar-refractivity contribution is 6.31. The van der Waals surface area contributed by atoms with Crippen LogP contribution in [0.3, 0.4) is 0 Å². The molecule has 0 amide bonds. The molecule has 2 aromatic rings. The molecule has 2 rings (SSSR count). The summed E-state index contributed by atoms with van der Waals surface area (Å²) in [5, 5.41) is 18.0. The number of aliphatic carboxylic acids is 1. The van der Waals surface area contributed by atoms with Crippen LogP contribution in [0.15, 0.2) is 27.4 Å². The van der Waals surface area contributed by atoms with Crippen molar-refractivity contribution >= 4 is 34.5 Å². The topological polar surface area (TPSA) is 105 Å². The zero-order chi connectivity index (χ0) is 14.2. The molecule has 0 bridgehead atoms. The van der Waals surface area contributed by atoms with Crippen LogP contribution in [0.4, 0.5) is 0 Å². The van der Waals surface area contributed by atoms with Gasteiger partial charge in [-0.05, 0) is 18.2 Å². The van der Waals surface area contributed by atoms with Crippen molar-refractivity contribution in [2.24, 2.45) is 0 Å². The summed E-state index contributed by atoms with van der Waals surface area (Å²) in [6.07, 6.45) is -0.730. The van der Waals surface area contributed by atoms with Gasteiger partial charge in [-0.15, -0.1) is 0 Å². The minimum Gasteiger partial charge on any atom is -0.481 e. The third-order valence-corrected chi connectivity index (χ3v) is 2.70. The van der Waals surface area contributed by atoms with Crippen LogP contribution in [0.25, 0.3) is 11.0 Å². The molecule has 6 nitrogen and oxygen atoms in total. The third kappa shape index (κ3) is 2.43. The van der Waals surface area contributed by atoms with Crippen molar-refractivity contribution in [2.75, 3.05) is 0 Å². The highest BCUT2D eigenvalue weighted by Crippen LogP contribution is 2.20. The second-order valence-corrected chi connectivity index (χ2v) is 4.19. The minimum atomic E-state index is -1.50. The highest BCUT2D eigenvalue weighted by Gasteiger charge is 2.21. The number of hydrogen-bond donors (Lipinski definition) is 2. The molecule has 0 atom stereocenters. The molecule has 0 saturated heterocycles. The Morgan fingerprint density at radius 3 is 2.53 bits per heavy atom. The molecular weight excluding hydrogens is 276 g/mol. The predicted molar refractivity (Wildman–Crippen MR) is 65.8 cm³/mol. The fourth-order valence-corrected chi connectivity index (χ4v) is 1.86. The van der Waals surface area contributed by atoms with Crippen molar-refractivity contribution in [2.45, 2.75) is 6.42 Å². The first-order valence-electron chi connectivity index (χ1n) is 5.10. The van der Waals surface area contributed by atoms with Crippen LogP contribution < -0.4 is 5.43 Å². The van der Waals surface area contributed by atoms with E-state index in [2.05, 4.69) is 0 Å². The Hall–Kier alpha value is -2.34. The van der Waals surface area contributed by atoms with Crippen molar-refractivity contribution in [1.82, 2.24) is 0 Å². The lowest BCUT2D eigenvalue weighted by molar-refractivity contribution is -0.136. The number of hydrogen-bond acceptors (Lipinski definition) is 4. The van der Waals surface area contributed by atoms with E-state index in [1.165, 1.54) is 18.2 Å². The molecule has 2 N–H and O–H groups in total. The van der Waals surface area contributed by atoms with Gasteiger partial charge in [0, 0.05) is 5.02 Å². The second kappa shape index (κ2) is 4.74. The zero-order valence-electron chi connectivity index (χ0n) is 9.34. The van der Waals surface area contributed by atoms with Crippen LogP contribution in [0, 0.1) is 0 Å². The first kappa shape index (κ1) is 13.1. The Balaban J connectivity index is 2.86. The van der Waals surface area contributed by atoms with Gasteiger partial charge >= 0.3 is 11.9 Å². The summed E-state index contributed by atoms with van der Waals surface area (Å²) in [7, 11) is 0. The monoisotopic (exact) mass is 282 g/mol. The van der Waals surface area contributed by atoms with Crippen molar-refractivity contribution in [3.63, 3.8) is 0 Å². The zero-order valence-corrected chi connectivity index (χ0v) is 10.1. The molecule has 0 radical (unpaired) electrons. The summed E-state index contributed by atoms with van der Waals surface area (Å²) in [5.41, 5.74) is -1.07. The molecule has 0 saturated carbocycles. The molecule has 7 heteroatoms. The van der Waals surface area contributed by atoms with E-state index in [9.17, 15) is 14.4 Å². The summed E-state index contributed by atoms with van der Waals surface area (Å²) >= 11 is 5.74. The Morgan fingerprint density at radius 1 is 1.26 bits per heavy atom. The second-order valence-electron chi connectivity index (χ2n) is 3.76. The van der Waals surface area contributed by atoms with Gasteiger partial charge in [-0.1, -0.05) is 11.6 Å². The lowest BCUT2D eigenvalue weighted by atomic mass is 10.1. The number of rotatable bonds is 3. The summed E-state index contributed by atoms with van der Waals surface area (Å²) < 4.78 is 5.07. The van der Waals surface area contributed by atoms with Crippen molar-refractivity contribution < 1.29 is 24.2 Å². The molecule has 0 aliphatic rings. The van der Waals surface area contributed by atoms with Gasteiger partial charge in [0.15, 0.2) is 5.43 Å². The van der Waals surface area contributed by atoms with Crippen molar-refractivity contribution in [3.8, 4) is 0 Å². The van der Waals surface area contributed by atoms with Crippen molar-refractivity contribution in [1.29, 1.82) is 0 Å². The number of fused-ring (bicyclic) bond motifs is 1. The largest absolute Gasteiger partial charge is 0.481 e. The first-order chi connectivity index (χ1) is 8.90. The van der Waals surface area contributed by atoms with Gasteiger partial charge in [-0.3, -0.25) is 9.59 Å². The maximum absolute atomic E-state index is 12.1. The number of halogens is 1. The maximum atomic E-state index is 12.1. The van der Waals surface area contributed by atoms with Crippen molar-refractivity contribution in [3.05, 3.63) is 44.8 Å². The van der Waals surface area contributed by atoms with E-state index < -0.39 is 35.1 Å². The van der Waals surface area contributed by atoms with E-state index in [0.29, 0.717) is 0 Å². The van der Waals surface area contributed by atoms with E-state index in [1.807, 2.05) is 0 Å². The fraction of sp³-hybridized carbons (Fsp3) is 0.0833. The number of carboxylic acid groups (broad SMARTS) is 2. The molecular formula is C12H7ClO6. The third-order valence-electron chi connectivity index (χ3n) is 2.47. The first-order valence-corrected chi connectivity index (χ1v) is 5.48. The van der Waals surface area contributed by atoms with Gasteiger partial charge in [0.1, 0.15) is 5.58 Å².